The summed E-state index contributed by atoms with van der Waals surface area (Å²) in [7, 11) is 0. The molecule has 1 amide bonds. The number of aromatic nitrogens is 3. The van der Waals surface area contributed by atoms with Crippen LogP contribution in [0.5, 0.6) is 5.88 Å². The lowest BCUT2D eigenvalue weighted by Gasteiger charge is -2.12. The minimum absolute atomic E-state index is 0.142. The number of H-pyrrole nitrogens is 1. The number of carbonyl (C=O) groups is 3. The van der Waals surface area contributed by atoms with Gasteiger partial charge >= 0.3 is 24.3 Å². The van der Waals surface area contributed by atoms with E-state index in [1.165, 1.54) is 0 Å². The summed E-state index contributed by atoms with van der Waals surface area (Å²) in [6.45, 7) is 2.11. The Kier molecular flexibility index (Phi) is 10.8. The van der Waals surface area contributed by atoms with E-state index in [0.29, 0.717) is 11.3 Å². The maximum absolute atomic E-state index is 12.5. The van der Waals surface area contributed by atoms with Gasteiger partial charge in [-0.1, -0.05) is 0 Å². The lowest BCUT2D eigenvalue weighted by atomic mass is 10.2. The molecule has 0 radical (unpaired) electrons. The van der Waals surface area contributed by atoms with Gasteiger partial charge < -0.3 is 26.0 Å². The lowest BCUT2D eigenvalue weighted by molar-refractivity contribution is -0.193. The molecule has 3 rings (SSSR count). The number of nitrogens with one attached hydrogen (secondary N) is 2. The van der Waals surface area contributed by atoms with Crippen LogP contribution in [-0.4, -0.2) is 68.2 Å². The summed E-state index contributed by atoms with van der Waals surface area (Å²) in [5.41, 5.74) is 7.61. The highest BCUT2D eigenvalue weighted by Gasteiger charge is 2.38. The van der Waals surface area contributed by atoms with Crippen molar-refractivity contribution in [1.82, 2.24) is 15.2 Å². The summed E-state index contributed by atoms with van der Waals surface area (Å²) in [6, 6.07) is 8.71. The molecule has 0 aliphatic carbocycles. The molecule has 37 heavy (non-hydrogen) atoms. The van der Waals surface area contributed by atoms with Gasteiger partial charge in [-0.2, -0.15) is 31.4 Å². The molecule has 11 nitrogen and oxygen atoms in total. The van der Waals surface area contributed by atoms with Crippen LogP contribution in [-0.2, 0) is 9.59 Å². The van der Waals surface area contributed by atoms with Crippen molar-refractivity contribution in [2.24, 2.45) is 5.73 Å². The Hall–Kier alpha value is -4.41. The van der Waals surface area contributed by atoms with Crippen LogP contribution in [0.25, 0.3) is 10.9 Å². The Labute approximate surface area is 203 Å². The zero-order valence-corrected chi connectivity index (χ0v) is 18.6. The molecule has 0 bridgehead atoms. The second-order valence-corrected chi connectivity index (χ2v) is 6.88. The molecular weight excluding hydrogens is 520 g/mol. The fourth-order valence-corrected chi connectivity index (χ4v) is 2.11. The first kappa shape index (κ1) is 30.6. The van der Waals surface area contributed by atoms with Gasteiger partial charge in [0, 0.05) is 23.3 Å². The zero-order valence-electron chi connectivity index (χ0n) is 18.6. The second kappa shape index (κ2) is 13.1. The van der Waals surface area contributed by atoms with Crippen molar-refractivity contribution in [2.45, 2.75) is 25.3 Å². The molecule has 2 aromatic heterocycles. The Morgan fingerprint density at radius 2 is 1.65 bits per heavy atom. The van der Waals surface area contributed by atoms with Crippen molar-refractivity contribution in [3.63, 3.8) is 0 Å². The number of benzene rings is 1. The van der Waals surface area contributed by atoms with Gasteiger partial charge in [0.25, 0.3) is 5.91 Å². The number of alkyl halides is 6. The fraction of sp³-hybridized carbons (Fsp3) is 0.250. The normalized spacial score (nSPS) is 11.8. The third-order valence-electron chi connectivity index (χ3n) is 3.68. The number of halogens is 6. The summed E-state index contributed by atoms with van der Waals surface area (Å²) >= 11 is 0. The van der Waals surface area contributed by atoms with Gasteiger partial charge in [0.05, 0.1) is 11.7 Å². The second-order valence-electron chi connectivity index (χ2n) is 6.88. The van der Waals surface area contributed by atoms with E-state index in [2.05, 4.69) is 20.5 Å². The van der Waals surface area contributed by atoms with Crippen LogP contribution in [0, 0.1) is 0 Å². The summed E-state index contributed by atoms with van der Waals surface area (Å²) in [6.07, 6.45) is -6.89. The quantitative estimate of drug-likeness (QED) is 0.304. The number of amides is 1. The van der Waals surface area contributed by atoms with Gasteiger partial charge in [0.1, 0.15) is 12.2 Å². The molecule has 202 valence electrons. The monoisotopic (exact) mass is 539 g/mol. The smallest absolute Gasteiger partial charge is 0.475 e. The molecule has 1 aromatic carbocycles. The predicted molar refractivity (Wildman–Crippen MR) is 115 cm³/mol. The third-order valence-corrected chi connectivity index (χ3v) is 3.68. The van der Waals surface area contributed by atoms with Gasteiger partial charge in [-0.05, 0) is 37.3 Å². The van der Waals surface area contributed by atoms with Crippen LogP contribution < -0.4 is 15.8 Å². The van der Waals surface area contributed by atoms with E-state index in [1.807, 2.05) is 19.1 Å². The van der Waals surface area contributed by atoms with Crippen LogP contribution in [0.15, 0.2) is 42.7 Å². The number of fused-ring (bicyclic) bond motifs is 1. The molecule has 0 unspecified atom stereocenters. The molecule has 0 aliphatic heterocycles. The third kappa shape index (κ3) is 10.8. The first-order chi connectivity index (χ1) is 17.0. The summed E-state index contributed by atoms with van der Waals surface area (Å²) in [4.78, 5) is 34.4. The number of carbonyl (C=O) groups excluding carboxylic acids is 1. The van der Waals surface area contributed by atoms with Crippen LogP contribution in [0.1, 0.15) is 17.3 Å². The van der Waals surface area contributed by atoms with Gasteiger partial charge in [-0.25, -0.2) is 14.6 Å². The minimum Gasteiger partial charge on any atom is -0.475 e. The van der Waals surface area contributed by atoms with E-state index in [0.717, 1.165) is 10.9 Å². The average Bonchev–Trinajstić information content (AvgIpc) is 3.25. The molecule has 0 aliphatic rings. The number of aromatic amines is 1. The van der Waals surface area contributed by atoms with Crippen molar-refractivity contribution >= 4 is 34.4 Å². The van der Waals surface area contributed by atoms with Crippen LogP contribution in [0.4, 0.5) is 32.0 Å². The topological polar surface area (TPSA) is 181 Å². The fourth-order valence-electron chi connectivity index (χ4n) is 2.11. The largest absolute Gasteiger partial charge is 0.490 e. The van der Waals surface area contributed by atoms with Crippen molar-refractivity contribution in [3.05, 3.63) is 48.3 Å². The molecule has 2 heterocycles. The number of nitrogens with zero attached hydrogens (tertiary/aromatic N) is 2. The van der Waals surface area contributed by atoms with Crippen molar-refractivity contribution in [3.8, 4) is 5.88 Å². The highest BCUT2D eigenvalue weighted by Crippen LogP contribution is 2.20. The number of hydrogen-bond acceptors (Lipinski definition) is 7. The molecule has 0 saturated carbocycles. The number of hydrogen-bond donors (Lipinski definition) is 5. The number of pyridine rings is 1. The van der Waals surface area contributed by atoms with E-state index < -0.39 is 24.3 Å². The highest BCUT2D eigenvalue weighted by molar-refractivity contribution is 6.06. The van der Waals surface area contributed by atoms with Gasteiger partial charge in [-0.15, -0.1) is 0 Å². The Morgan fingerprint density at radius 3 is 2.16 bits per heavy atom. The zero-order chi connectivity index (χ0) is 28.4. The lowest BCUT2D eigenvalue weighted by Crippen LogP contribution is -2.25. The van der Waals surface area contributed by atoms with Crippen LogP contribution in [0.2, 0.25) is 0 Å². The number of anilines is 1. The molecule has 1 atom stereocenters. The minimum atomic E-state index is -5.08. The summed E-state index contributed by atoms with van der Waals surface area (Å²) in [5.74, 6) is -5.53. The van der Waals surface area contributed by atoms with E-state index in [4.69, 9.17) is 30.3 Å². The maximum atomic E-state index is 12.5. The average molecular weight is 539 g/mol. The first-order valence-electron chi connectivity index (χ1n) is 9.70. The number of aliphatic carboxylic acids is 2. The van der Waals surface area contributed by atoms with Crippen LogP contribution in [0.3, 0.4) is 0 Å². The maximum Gasteiger partial charge on any atom is 0.490 e. The molecule has 17 heteroatoms. The SMILES string of the molecule is C[C@H](N)COc1ncccc1C(=O)Nc1ccc2[nH]ncc2c1.O=C(O)C(F)(F)F.O=C(O)C(F)(F)F. The van der Waals surface area contributed by atoms with Gasteiger partial charge in [0.15, 0.2) is 0 Å². The van der Waals surface area contributed by atoms with Gasteiger partial charge in [-0.3, -0.25) is 9.89 Å². The van der Waals surface area contributed by atoms with Gasteiger partial charge in [0.2, 0.25) is 5.88 Å². The van der Waals surface area contributed by atoms with Crippen molar-refractivity contribution < 1.29 is 55.7 Å². The van der Waals surface area contributed by atoms with Crippen molar-refractivity contribution in [2.75, 3.05) is 11.9 Å². The number of carboxylic acids is 2. The Balaban J connectivity index is 0.000000404. The molecule has 0 fully saturated rings. The molecule has 0 saturated heterocycles. The molecule has 3 aromatic rings. The van der Waals surface area contributed by atoms with E-state index >= 15 is 0 Å². The van der Waals surface area contributed by atoms with E-state index in [1.54, 1.807) is 30.6 Å². The first-order valence-corrected chi connectivity index (χ1v) is 9.70. The summed E-state index contributed by atoms with van der Waals surface area (Å²) in [5, 5.41) is 24.8. The molecule has 0 spiro atoms. The highest BCUT2D eigenvalue weighted by atomic mass is 19.4. The molecular formula is C20H19F6N5O6. The predicted octanol–water partition coefficient (Wildman–Crippen LogP) is 3.20. The van der Waals surface area contributed by atoms with Crippen LogP contribution >= 0.6 is 0 Å². The van der Waals surface area contributed by atoms with Crippen molar-refractivity contribution in [1.29, 1.82) is 0 Å². The van der Waals surface area contributed by atoms with E-state index in [-0.39, 0.29) is 24.4 Å². The Morgan fingerprint density at radius 1 is 1.08 bits per heavy atom. The molecule has 6 N–H and O–H groups in total. The Bertz CT molecular complexity index is 1190. The standard InChI is InChI=1S/C16H17N5O2.2C2HF3O2/c1-10(17)9-23-16-13(3-2-6-18-16)15(22)20-12-4-5-14-11(7-12)8-19-21-14;2*3-2(4,5)1(6)7/h2-8,10H,9,17H2,1H3,(H,19,21)(H,20,22);2*(H,6,7)/t10-;;/m0../s1. The summed E-state index contributed by atoms with van der Waals surface area (Å²) < 4.78 is 69.0. The number of ether oxygens (including phenoxy) is 1. The number of carboxylic acid groups (broad SMARTS) is 2. The number of rotatable bonds is 5. The number of nitrogens with two attached hydrogens (primary N) is 1. The van der Waals surface area contributed by atoms with E-state index in [9.17, 15) is 31.1 Å².